The van der Waals surface area contributed by atoms with Crippen LogP contribution in [0.15, 0.2) is 36.7 Å². The van der Waals surface area contributed by atoms with Crippen LogP contribution < -0.4 is 10.2 Å². The van der Waals surface area contributed by atoms with Gasteiger partial charge in [0.15, 0.2) is 0 Å². The highest BCUT2D eigenvalue weighted by Gasteiger charge is 2.24. The summed E-state index contributed by atoms with van der Waals surface area (Å²) in [6.07, 6.45) is 3.11. The number of carbonyl (C=O) groups is 2. The van der Waals surface area contributed by atoms with Crippen molar-refractivity contribution < 1.29 is 9.59 Å². The summed E-state index contributed by atoms with van der Waals surface area (Å²) in [5, 5.41) is 3.26. The molecule has 1 aromatic heterocycles. The molecule has 2 heterocycles. The lowest BCUT2D eigenvalue weighted by Gasteiger charge is -2.34. The van der Waals surface area contributed by atoms with Crippen molar-refractivity contribution in [1.29, 1.82) is 0 Å². The molecule has 26 heavy (non-hydrogen) atoms. The molecule has 3 rings (SSSR count). The van der Waals surface area contributed by atoms with Gasteiger partial charge in [0, 0.05) is 38.6 Å². The molecule has 0 aliphatic carbocycles. The summed E-state index contributed by atoms with van der Waals surface area (Å²) in [7, 11) is 0. The first-order valence-corrected chi connectivity index (χ1v) is 8.84. The number of para-hydroxylation sites is 1. The van der Waals surface area contributed by atoms with Crippen molar-refractivity contribution in [3.05, 3.63) is 46.7 Å². The topological polar surface area (TPSA) is 78.4 Å². The van der Waals surface area contributed by atoms with Crippen molar-refractivity contribution in [2.45, 2.75) is 6.42 Å². The van der Waals surface area contributed by atoms with E-state index in [4.69, 9.17) is 23.2 Å². The molecular formula is C17H17Cl2N5O2. The molecule has 0 spiro atoms. The zero-order chi connectivity index (χ0) is 18.5. The molecule has 2 amide bonds. The third kappa shape index (κ3) is 4.42. The molecule has 1 fully saturated rings. The Bertz CT molecular complexity index is 775. The van der Waals surface area contributed by atoms with Crippen LogP contribution in [0.25, 0.3) is 0 Å². The number of nitrogens with one attached hydrogen (secondary N) is 1. The third-order valence-electron chi connectivity index (χ3n) is 4.01. The van der Waals surface area contributed by atoms with Gasteiger partial charge in [0.25, 0.3) is 0 Å². The first kappa shape index (κ1) is 18.4. The molecule has 7 nitrogen and oxygen atoms in total. The van der Waals surface area contributed by atoms with Crippen LogP contribution >= 0.6 is 23.2 Å². The molecule has 0 bridgehead atoms. The van der Waals surface area contributed by atoms with Gasteiger partial charge in [-0.2, -0.15) is 0 Å². The standard InChI is InChI=1S/C17H17Cl2N5O2/c18-12-3-1-4-13(19)16(12)22-14(25)11-15(26)23-7-9-24(10-8-23)17-20-5-2-6-21-17/h1-6H,7-11H2,(H,22,25). The van der Waals surface area contributed by atoms with E-state index in [1.165, 1.54) is 0 Å². The maximum absolute atomic E-state index is 12.4. The fourth-order valence-electron chi connectivity index (χ4n) is 2.66. The highest BCUT2D eigenvalue weighted by Crippen LogP contribution is 2.29. The molecule has 0 atom stereocenters. The molecule has 0 radical (unpaired) electrons. The van der Waals surface area contributed by atoms with Crippen LogP contribution in [0, 0.1) is 0 Å². The Kier molecular flexibility index (Phi) is 5.90. The maximum Gasteiger partial charge on any atom is 0.233 e. The van der Waals surface area contributed by atoms with Gasteiger partial charge < -0.3 is 15.1 Å². The number of aromatic nitrogens is 2. The molecule has 1 aliphatic rings. The lowest BCUT2D eigenvalue weighted by Crippen LogP contribution is -2.49. The fourth-order valence-corrected chi connectivity index (χ4v) is 3.15. The van der Waals surface area contributed by atoms with E-state index in [-0.39, 0.29) is 12.3 Å². The SMILES string of the molecule is O=C(CC(=O)N1CCN(c2ncccn2)CC1)Nc1c(Cl)cccc1Cl. The quantitative estimate of drug-likeness (QED) is 0.807. The predicted octanol–water partition coefficient (Wildman–Crippen LogP) is 2.46. The van der Waals surface area contributed by atoms with E-state index >= 15 is 0 Å². The van der Waals surface area contributed by atoms with E-state index in [0.717, 1.165) is 0 Å². The van der Waals surface area contributed by atoms with Crippen molar-refractivity contribution in [2.24, 2.45) is 0 Å². The summed E-state index contributed by atoms with van der Waals surface area (Å²) in [5.74, 6) is -0.0381. The zero-order valence-corrected chi connectivity index (χ0v) is 15.4. The Morgan fingerprint density at radius 1 is 1.00 bits per heavy atom. The van der Waals surface area contributed by atoms with Crippen LogP contribution in [-0.2, 0) is 9.59 Å². The normalized spacial score (nSPS) is 14.2. The van der Waals surface area contributed by atoms with Crippen LogP contribution in [0.3, 0.4) is 0 Å². The van der Waals surface area contributed by atoms with Gasteiger partial charge in [0.1, 0.15) is 6.42 Å². The minimum atomic E-state index is -0.446. The van der Waals surface area contributed by atoms with Gasteiger partial charge in [0.05, 0.1) is 15.7 Å². The molecule has 2 aromatic rings. The van der Waals surface area contributed by atoms with Crippen molar-refractivity contribution in [2.75, 3.05) is 36.4 Å². The first-order valence-electron chi connectivity index (χ1n) is 8.08. The second kappa shape index (κ2) is 8.33. The molecule has 9 heteroatoms. The van der Waals surface area contributed by atoms with Crippen LogP contribution in [-0.4, -0.2) is 52.9 Å². The van der Waals surface area contributed by atoms with Crippen LogP contribution in [0.5, 0.6) is 0 Å². The van der Waals surface area contributed by atoms with Crippen molar-refractivity contribution in [1.82, 2.24) is 14.9 Å². The minimum Gasteiger partial charge on any atom is -0.339 e. The van der Waals surface area contributed by atoms with E-state index in [2.05, 4.69) is 15.3 Å². The van der Waals surface area contributed by atoms with Crippen LogP contribution in [0.4, 0.5) is 11.6 Å². The summed E-state index contributed by atoms with van der Waals surface area (Å²) in [6, 6.07) is 6.68. The maximum atomic E-state index is 12.4. The first-order chi connectivity index (χ1) is 12.5. The Morgan fingerprint density at radius 3 is 2.23 bits per heavy atom. The summed E-state index contributed by atoms with van der Waals surface area (Å²) in [5.41, 5.74) is 0.319. The number of anilines is 2. The highest BCUT2D eigenvalue weighted by molar-refractivity contribution is 6.39. The van der Waals surface area contributed by atoms with E-state index in [1.54, 1.807) is 41.6 Å². The summed E-state index contributed by atoms with van der Waals surface area (Å²) < 4.78 is 0. The predicted molar refractivity (Wildman–Crippen MR) is 101 cm³/mol. The van der Waals surface area contributed by atoms with E-state index < -0.39 is 5.91 Å². The molecule has 136 valence electrons. The number of nitrogens with zero attached hydrogens (tertiary/aromatic N) is 4. The Balaban J connectivity index is 1.52. The molecular weight excluding hydrogens is 377 g/mol. The minimum absolute atomic E-state index is 0.237. The van der Waals surface area contributed by atoms with Crippen LogP contribution in [0.1, 0.15) is 6.42 Å². The summed E-state index contributed by atoms with van der Waals surface area (Å²) in [6.45, 7) is 2.26. The summed E-state index contributed by atoms with van der Waals surface area (Å²) >= 11 is 12.0. The van der Waals surface area contributed by atoms with Gasteiger partial charge >= 0.3 is 0 Å². The lowest BCUT2D eigenvalue weighted by molar-refractivity contribution is -0.134. The number of halogens is 2. The Hall–Kier alpha value is -2.38. The number of carbonyl (C=O) groups excluding carboxylic acids is 2. The number of hydrogen-bond donors (Lipinski definition) is 1. The molecule has 0 unspecified atom stereocenters. The van der Waals surface area contributed by atoms with Gasteiger partial charge in [-0.1, -0.05) is 29.3 Å². The second-order valence-corrected chi connectivity index (χ2v) is 6.55. The largest absolute Gasteiger partial charge is 0.339 e. The van der Waals surface area contributed by atoms with E-state index in [0.29, 0.717) is 47.9 Å². The van der Waals surface area contributed by atoms with E-state index in [9.17, 15) is 9.59 Å². The number of benzene rings is 1. The molecule has 1 saturated heterocycles. The fraction of sp³-hybridized carbons (Fsp3) is 0.294. The van der Waals surface area contributed by atoms with Crippen LogP contribution in [0.2, 0.25) is 10.0 Å². The number of piperazine rings is 1. The second-order valence-electron chi connectivity index (χ2n) is 5.74. The average molecular weight is 394 g/mol. The zero-order valence-electron chi connectivity index (χ0n) is 13.9. The van der Waals surface area contributed by atoms with Gasteiger partial charge in [-0.15, -0.1) is 0 Å². The van der Waals surface area contributed by atoms with Gasteiger partial charge in [-0.05, 0) is 18.2 Å². The van der Waals surface area contributed by atoms with Crippen molar-refractivity contribution >= 4 is 46.7 Å². The Labute approximate surface area is 160 Å². The molecule has 1 aromatic carbocycles. The molecule has 1 aliphatic heterocycles. The monoisotopic (exact) mass is 393 g/mol. The van der Waals surface area contributed by atoms with Crippen molar-refractivity contribution in [3.63, 3.8) is 0 Å². The highest BCUT2D eigenvalue weighted by atomic mass is 35.5. The number of amides is 2. The molecule has 0 saturated carbocycles. The van der Waals surface area contributed by atoms with Gasteiger partial charge in [0.2, 0.25) is 17.8 Å². The Morgan fingerprint density at radius 2 is 1.62 bits per heavy atom. The molecule has 1 N–H and O–H groups in total. The smallest absolute Gasteiger partial charge is 0.233 e. The van der Waals surface area contributed by atoms with Gasteiger partial charge in [-0.25, -0.2) is 9.97 Å². The summed E-state index contributed by atoms with van der Waals surface area (Å²) in [4.78, 5) is 36.6. The third-order valence-corrected chi connectivity index (χ3v) is 4.64. The number of rotatable bonds is 4. The van der Waals surface area contributed by atoms with E-state index in [1.807, 2.05) is 4.90 Å². The average Bonchev–Trinajstić information content (AvgIpc) is 2.66. The van der Waals surface area contributed by atoms with Crippen molar-refractivity contribution in [3.8, 4) is 0 Å². The lowest BCUT2D eigenvalue weighted by atomic mass is 10.2. The number of hydrogen-bond acceptors (Lipinski definition) is 5. The van der Waals surface area contributed by atoms with Gasteiger partial charge in [-0.3, -0.25) is 9.59 Å².